The van der Waals surface area contributed by atoms with Gasteiger partial charge in [-0.15, -0.1) is 10.2 Å². The molecule has 1 saturated heterocycles. The zero-order chi connectivity index (χ0) is 23.9. The third kappa shape index (κ3) is 4.01. The summed E-state index contributed by atoms with van der Waals surface area (Å²) >= 11 is 0. The molecule has 0 bridgehead atoms. The lowest BCUT2D eigenvalue weighted by atomic mass is 9.81. The Morgan fingerprint density at radius 2 is 1.97 bits per heavy atom. The van der Waals surface area contributed by atoms with Crippen LogP contribution >= 0.6 is 0 Å². The average Bonchev–Trinajstić information content (AvgIpc) is 3.37. The van der Waals surface area contributed by atoms with Gasteiger partial charge in [0.25, 0.3) is 0 Å². The summed E-state index contributed by atoms with van der Waals surface area (Å²) in [5, 5.41) is 12.7. The van der Waals surface area contributed by atoms with Crippen molar-refractivity contribution in [3.8, 4) is 11.4 Å². The molecule has 0 spiro atoms. The van der Waals surface area contributed by atoms with Gasteiger partial charge in [0.15, 0.2) is 23.0 Å². The fourth-order valence-corrected chi connectivity index (χ4v) is 3.53. The van der Waals surface area contributed by atoms with Crippen LogP contribution in [-0.2, 0) is 20.5 Å². The van der Waals surface area contributed by atoms with Crippen molar-refractivity contribution in [2.24, 2.45) is 0 Å². The van der Waals surface area contributed by atoms with Crippen molar-refractivity contribution in [3.63, 3.8) is 0 Å². The van der Waals surface area contributed by atoms with Gasteiger partial charge in [0, 0.05) is 29.8 Å². The molecule has 4 heterocycles. The standard InChI is InChI=1S/C23H21BN6O4/c1-14-23(2,3)34-24(33-14)17-12-25-21(26-13-17)16-7-5-6-15(10-16)11-20-28-27-19-9-8-18(22(31)32-4)29-30(19)20/h5-10,12-13H,1,11H2,2-4H3. The molecule has 170 valence electrons. The molecule has 0 amide bonds. The first-order valence-corrected chi connectivity index (χ1v) is 10.6. The number of nitrogens with zero attached hydrogens (tertiary/aromatic N) is 6. The predicted octanol–water partition coefficient (Wildman–Crippen LogP) is 1.99. The molecule has 34 heavy (non-hydrogen) atoms. The molecule has 1 aliphatic heterocycles. The second-order valence-corrected chi connectivity index (χ2v) is 8.31. The predicted molar refractivity (Wildman–Crippen MR) is 123 cm³/mol. The number of rotatable bonds is 5. The first kappa shape index (κ1) is 21.7. The number of carbonyl (C=O) groups excluding carboxylic acids is 1. The Labute approximate surface area is 195 Å². The summed E-state index contributed by atoms with van der Waals surface area (Å²) in [6.07, 6.45) is 3.84. The minimum absolute atomic E-state index is 0.181. The molecule has 5 rings (SSSR count). The fourth-order valence-electron chi connectivity index (χ4n) is 3.53. The van der Waals surface area contributed by atoms with Crippen LogP contribution in [0.4, 0.5) is 0 Å². The van der Waals surface area contributed by atoms with Crippen molar-refractivity contribution < 1.29 is 18.8 Å². The van der Waals surface area contributed by atoms with Crippen molar-refractivity contribution in [1.29, 1.82) is 0 Å². The summed E-state index contributed by atoms with van der Waals surface area (Å²) < 4.78 is 17.9. The van der Waals surface area contributed by atoms with Crippen molar-refractivity contribution >= 4 is 24.2 Å². The Bertz CT molecular complexity index is 1400. The van der Waals surface area contributed by atoms with E-state index in [4.69, 9.17) is 14.0 Å². The lowest BCUT2D eigenvalue weighted by molar-refractivity contribution is 0.0592. The minimum Gasteiger partial charge on any atom is -0.534 e. The van der Waals surface area contributed by atoms with E-state index in [-0.39, 0.29) is 5.69 Å². The molecule has 0 aliphatic carbocycles. The summed E-state index contributed by atoms with van der Waals surface area (Å²) in [5.74, 6) is 1.21. The molecule has 0 atom stereocenters. The third-order valence-electron chi connectivity index (χ3n) is 5.54. The van der Waals surface area contributed by atoms with Gasteiger partial charge in [0.05, 0.1) is 12.9 Å². The van der Waals surface area contributed by atoms with Gasteiger partial charge in [-0.05, 0) is 37.6 Å². The van der Waals surface area contributed by atoms with E-state index in [2.05, 4.69) is 31.8 Å². The van der Waals surface area contributed by atoms with Gasteiger partial charge in [0.1, 0.15) is 5.60 Å². The maximum absolute atomic E-state index is 11.8. The highest BCUT2D eigenvalue weighted by molar-refractivity contribution is 6.62. The minimum atomic E-state index is -0.577. The number of esters is 1. The molecular formula is C23H21BN6O4. The smallest absolute Gasteiger partial charge is 0.534 e. The highest BCUT2D eigenvalue weighted by Gasteiger charge is 2.43. The number of carbonyl (C=O) groups is 1. The van der Waals surface area contributed by atoms with Crippen molar-refractivity contribution in [2.45, 2.75) is 25.9 Å². The maximum Gasteiger partial charge on any atom is 0.566 e. The number of methoxy groups -OCH3 is 1. The van der Waals surface area contributed by atoms with E-state index < -0.39 is 18.7 Å². The molecule has 0 radical (unpaired) electrons. The Hall–Kier alpha value is -4.12. The topological polar surface area (TPSA) is 114 Å². The third-order valence-corrected chi connectivity index (χ3v) is 5.54. The first-order chi connectivity index (χ1) is 16.3. The van der Waals surface area contributed by atoms with Crippen LogP contribution in [0.5, 0.6) is 0 Å². The van der Waals surface area contributed by atoms with Gasteiger partial charge in [-0.1, -0.05) is 24.8 Å². The summed E-state index contributed by atoms with van der Waals surface area (Å²) in [6, 6.07) is 11.0. The SMILES string of the molecule is C=C1OB(c2cnc(-c3cccc(Cc4nnc5ccc(C(=O)OC)nn45)c3)nc2)OC1(C)C. The molecule has 1 fully saturated rings. The van der Waals surface area contributed by atoms with Gasteiger partial charge in [-0.3, -0.25) is 0 Å². The average molecular weight is 456 g/mol. The van der Waals surface area contributed by atoms with E-state index >= 15 is 0 Å². The van der Waals surface area contributed by atoms with E-state index in [0.717, 1.165) is 11.1 Å². The molecule has 3 aromatic heterocycles. The van der Waals surface area contributed by atoms with Crippen molar-refractivity contribution in [2.75, 3.05) is 7.11 Å². The highest BCUT2D eigenvalue weighted by Crippen LogP contribution is 2.29. The van der Waals surface area contributed by atoms with Crippen LogP contribution in [0.3, 0.4) is 0 Å². The van der Waals surface area contributed by atoms with E-state index in [1.54, 1.807) is 29.0 Å². The molecule has 4 aromatic rings. The molecule has 10 nitrogen and oxygen atoms in total. The van der Waals surface area contributed by atoms with Crippen LogP contribution in [0.2, 0.25) is 0 Å². The van der Waals surface area contributed by atoms with Gasteiger partial charge in [-0.25, -0.2) is 14.8 Å². The second kappa shape index (κ2) is 8.34. The number of benzene rings is 1. The number of ether oxygens (including phenoxy) is 1. The Morgan fingerprint density at radius 3 is 2.68 bits per heavy atom. The maximum atomic E-state index is 11.8. The quantitative estimate of drug-likeness (QED) is 0.329. The summed E-state index contributed by atoms with van der Waals surface area (Å²) in [6.45, 7) is 7.70. The van der Waals surface area contributed by atoms with Crippen LogP contribution in [0.1, 0.15) is 35.7 Å². The normalized spacial score (nSPS) is 14.9. The number of hydrogen-bond acceptors (Lipinski definition) is 9. The van der Waals surface area contributed by atoms with Crippen LogP contribution in [0, 0.1) is 0 Å². The van der Waals surface area contributed by atoms with Crippen LogP contribution in [0.15, 0.2) is 61.1 Å². The fraction of sp³-hybridized carbons (Fsp3) is 0.217. The van der Waals surface area contributed by atoms with Crippen LogP contribution in [0.25, 0.3) is 17.0 Å². The Kier molecular flexibility index (Phi) is 5.33. The highest BCUT2D eigenvalue weighted by atomic mass is 16.7. The summed E-state index contributed by atoms with van der Waals surface area (Å²) in [7, 11) is 0.735. The monoisotopic (exact) mass is 456 g/mol. The van der Waals surface area contributed by atoms with Gasteiger partial charge in [0.2, 0.25) is 0 Å². The molecular weight excluding hydrogens is 435 g/mol. The first-order valence-electron chi connectivity index (χ1n) is 10.6. The zero-order valence-corrected chi connectivity index (χ0v) is 18.9. The summed E-state index contributed by atoms with van der Waals surface area (Å²) in [4.78, 5) is 20.8. The van der Waals surface area contributed by atoms with Gasteiger partial charge < -0.3 is 14.0 Å². The molecule has 1 aromatic carbocycles. The number of aromatic nitrogens is 6. The van der Waals surface area contributed by atoms with Gasteiger partial charge in [-0.2, -0.15) is 9.61 Å². The zero-order valence-electron chi connectivity index (χ0n) is 18.9. The van der Waals surface area contributed by atoms with E-state index in [0.29, 0.717) is 34.9 Å². The lowest BCUT2D eigenvalue weighted by Gasteiger charge is -2.15. The molecule has 1 aliphatic rings. The van der Waals surface area contributed by atoms with Crippen LogP contribution in [-0.4, -0.2) is 55.6 Å². The molecule has 0 N–H and O–H groups in total. The van der Waals surface area contributed by atoms with Gasteiger partial charge >= 0.3 is 13.1 Å². The van der Waals surface area contributed by atoms with Crippen molar-refractivity contribution in [1.82, 2.24) is 29.8 Å². The molecule has 11 heteroatoms. The number of hydrogen-bond donors (Lipinski definition) is 0. The largest absolute Gasteiger partial charge is 0.566 e. The molecule has 0 unspecified atom stereocenters. The Morgan fingerprint density at radius 1 is 1.18 bits per heavy atom. The van der Waals surface area contributed by atoms with Crippen LogP contribution < -0.4 is 5.46 Å². The lowest BCUT2D eigenvalue weighted by Crippen LogP contribution is -2.35. The second-order valence-electron chi connectivity index (χ2n) is 8.31. The van der Waals surface area contributed by atoms with E-state index in [1.165, 1.54) is 7.11 Å². The van der Waals surface area contributed by atoms with E-state index in [9.17, 15) is 4.79 Å². The molecule has 0 saturated carbocycles. The van der Waals surface area contributed by atoms with Crippen molar-refractivity contribution in [3.05, 3.63) is 78.2 Å². The number of fused-ring (bicyclic) bond motifs is 1. The van der Waals surface area contributed by atoms with E-state index in [1.807, 2.05) is 38.1 Å². The Balaban J connectivity index is 1.37. The summed E-state index contributed by atoms with van der Waals surface area (Å²) in [5.41, 5.74) is 2.69.